The van der Waals surface area contributed by atoms with Crippen LogP contribution in [0.4, 0.5) is 0 Å². The fourth-order valence-electron chi connectivity index (χ4n) is 2.41. The van der Waals surface area contributed by atoms with Crippen LogP contribution in [0.2, 0.25) is 0 Å². The molecule has 0 aromatic heterocycles. The molecule has 94 valence electrons. The predicted molar refractivity (Wildman–Crippen MR) is 66.4 cm³/mol. The summed E-state index contributed by atoms with van der Waals surface area (Å²) in [4.78, 5) is 14.3. The van der Waals surface area contributed by atoms with Crippen LogP contribution in [0.15, 0.2) is 0 Å². The summed E-state index contributed by atoms with van der Waals surface area (Å²) in [6.07, 6.45) is 2.09. The average Bonchev–Trinajstić information content (AvgIpc) is 2.30. The van der Waals surface area contributed by atoms with Crippen LogP contribution in [-0.2, 0) is 4.79 Å². The number of carbonyl (C=O) groups excluding carboxylic acids is 1. The second-order valence-electron chi connectivity index (χ2n) is 5.12. The van der Waals surface area contributed by atoms with Gasteiger partial charge in [-0.05, 0) is 40.3 Å². The number of hydrogen-bond donors (Lipinski definition) is 2. The Bertz CT molecular complexity index is 240. The summed E-state index contributed by atoms with van der Waals surface area (Å²) in [5.74, 6) is 0.161. The standard InChI is InChI=1S/C12H25N3O/c1-5-8-15-10(9-13-4)11(16)14-7-6-12(15,2)3/h10,13H,5-9H2,1-4H3,(H,14,16). The zero-order valence-corrected chi connectivity index (χ0v) is 11.0. The van der Waals surface area contributed by atoms with E-state index in [1.807, 2.05) is 7.05 Å². The molecule has 4 heteroatoms. The van der Waals surface area contributed by atoms with E-state index in [1.165, 1.54) is 0 Å². The number of amides is 1. The van der Waals surface area contributed by atoms with Crippen molar-refractivity contribution in [3.05, 3.63) is 0 Å². The van der Waals surface area contributed by atoms with E-state index in [2.05, 4.69) is 36.3 Å². The van der Waals surface area contributed by atoms with Gasteiger partial charge < -0.3 is 10.6 Å². The lowest BCUT2D eigenvalue weighted by Crippen LogP contribution is -2.56. The Kier molecular flexibility index (Phi) is 4.74. The molecule has 0 aliphatic carbocycles. The van der Waals surface area contributed by atoms with Gasteiger partial charge in [-0.2, -0.15) is 0 Å². The largest absolute Gasteiger partial charge is 0.355 e. The molecule has 1 saturated heterocycles. The summed E-state index contributed by atoms with van der Waals surface area (Å²) in [5, 5.41) is 6.12. The molecule has 0 aromatic carbocycles. The molecule has 1 aliphatic rings. The fourth-order valence-corrected chi connectivity index (χ4v) is 2.41. The van der Waals surface area contributed by atoms with Gasteiger partial charge in [0.05, 0.1) is 0 Å². The van der Waals surface area contributed by atoms with Gasteiger partial charge in [0.15, 0.2) is 0 Å². The maximum Gasteiger partial charge on any atom is 0.238 e. The highest BCUT2D eigenvalue weighted by Crippen LogP contribution is 2.23. The molecule has 0 saturated carbocycles. The van der Waals surface area contributed by atoms with Gasteiger partial charge in [0.25, 0.3) is 0 Å². The Balaban J connectivity index is 2.89. The first-order valence-corrected chi connectivity index (χ1v) is 6.22. The van der Waals surface area contributed by atoms with Gasteiger partial charge in [0.1, 0.15) is 6.04 Å². The topological polar surface area (TPSA) is 44.4 Å². The van der Waals surface area contributed by atoms with Crippen LogP contribution in [-0.4, -0.2) is 49.1 Å². The Morgan fingerprint density at radius 3 is 2.81 bits per heavy atom. The van der Waals surface area contributed by atoms with Crippen molar-refractivity contribution in [1.29, 1.82) is 0 Å². The van der Waals surface area contributed by atoms with Gasteiger partial charge >= 0.3 is 0 Å². The first-order chi connectivity index (χ1) is 7.53. The fraction of sp³-hybridized carbons (Fsp3) is 0.917. The molecule has 1 fully saturated rings. The highest BCUT2D eigenvalue weighted by Gasteiger charge is 2.37. The smallest absolute Gasteiger partial charge is 0.238 e. The molecule has 2 N–H and O–H groups in total. The van der Waals surface area contributed by atoms with Crippen LogP contribution in [0.1, 0.15) is 33.6 Å². The SMILES string of the molecule is CCCN1C(CNC)C(=O)NCCC1(C)C. The van der Waals surface area contributed by atoms with Gasteiger partial charge in [0, 0.05) is 18.6 Å². The summed E-state index contributed by atoms with van der Waals surface area (Å²) in [7, 11) is 1.90. The van der Waals surface area contributed by atoms with E-state index in [4.69, 9.17) is 0 Å². The average molecular weight is 227 g/mol. The summed E-state index contributed by atoms with van der Waals surface area (Å²) < 4.78 is 0. The van der Waals surface area contributed by atoms with Gasteiger partial charge in [-0.25, -0.2) is 0 Å². The lowest BCUT2D eigenvalue weighted by Gasteiger charge is -2.40. The Hall–Kier alpha value is -0.610. The number of likely N-dealkylation sites (N-methyl/N-ethyl adjacent to an activating group) is 1. The monoisotopic (exact) mass is 227 g/mol. The van der Waals surface area contributed by atoms with Crippen LogP contribution in [0, 0.1) is 0 Å². The molecule has 1 amide bonds. The third kappa shape index (κ3) is 2.95. The second kappa shape index (κ2) is 5.64. The van der Waals surface area contributed by atoms with Crippen molar-refractivity contribution in [2.75, 3.05) is 26.7 Å². The molecule has 4 nitrogen and oxygen atoms in total. The van der Waals surface area contributed by atoms with Gasteiger partial charge in [-0.15, -0.1) is 0 Å². The lowest BCUT2D eigenvalue weighted by molar-refractivity contribution is -0.126. The molecule has 1 atom stereocenters. The molecular formula is C12H25N3O. The van der Waals surface area contributed by atoms with Crippen molar-refractivity contribution in [3.8, 4) is 0 Å². The minimum absolute atomic E-state index is 0.0394. The maximum absolute atomic E-state index is 12.0. The quantitative estimate of drug-likeness (QED) is 0.738. The van der Waals surface area contributed by atoms with E-state index in [-0.39, 0.29) is 17.5 Å². The van der Waals surface area contributed by atoms with Gasteiger partial charge in [-0.3, -0.25) is 9.69 Å². The highest BCUT2D eigenvalue weighted by atomic mass is 16.2. The predicted octanol–water partition coefficient (Wildman–Crippen LogP) is 0.585. The molecule has 1 rings (SSSR count). The van der Waals surface area contributed by atoms with Crippen molar-refractivity contribution in [3.63, 3.8) is 0 Å². The first kappa shape index (κ1) is 13.5. The van der Waals surface area contributed by atoms with Crippen LogP contribution in [0.5, 0.6) is 0 Å². The molecule has 1 heterocycles. The van der Waals surface area contributed by atoms with Crippen molar-refractivity contribution in [2.45, 2.75) is 45.2 Å². The maximum atomic E-state index is 12.0. The minimum atomic E-state index is -0.0394. The molecule has 0 radical (unpaired) electrons. The number of rotatable bonds is 4. The summed E-state index contributed by atoms with van der Waals surface area (Å²) in [5.41, 5.74) is 0.0939. The zero-order chi connectivity index (χ0) is 12.2. The third-order valence-electron chi connectivity index (χ3n) is 3.35. The highest BCUT2D eigenvalue weighted by molar-refractivity contribution is 5.82. The van der Waals surface area contributed by atoms with Crippen LogP contribution < -0.4 is 10.6 Å². The normalized spacial score (nSPS) is 26.2. The van der Waals surface area contributed by atoms with Crippen molar-refractivity contribution >= 4 is 5.91 Å². The zero-order valence-electron chi connectivity index (χ0n) is 11.0. The van der Waals surface area contributed by atoms with E-state index in [0.717, 1.165) is 32.5 Å². The van der Waals surface area contributed by atoms with E-state index >= 15 is 0 Å². The second-order valence-corrected chi connectivity index (χ2v) is 5.12. The molecule has 0 aromatic rings. The molecule has 1 aliphatic heterocycles. The van der Waals surface area contributed by atoms with Crippen molar-refractivity contribution in [1.82, 2.24) is 15.5 Å². The summed E-state index contributed by atoms with van der Waals surface area (Å²) >= 11 is 0. The van der Waals surface area contributed by atoms with Crippen molar-refractivity contribution < 1.29 is 4.79 Å². The minimum Gasteiger partial charge on any atom is -0.355 e. The van der Waals surface area contributed by atoms with Crippen LogP contribution in [0.3, 0.4) is 0 Å². The van der Waals surface area contributed by atoms with Crippen molar-refractivity contribution in [2.24, 2.45) is 0 Å². The third-order valence-corrected chi connectivity index (χ3v) is 3.35. The molecular weight excluding hydrogens is 202 g/mol. The number of carbonyl (C=O) groups is 1. The first-order valence-electron chi connectivity index (χ1n) is 6.22. The summed E-state index contributed by atoms with van der Waals surface area (Å²) in [6, 6.07) is -0.0394. The van der Waals surface area contributed by atoms with E-state index in [1.54, 1.807) is 0 Å². The Morgan fingerprint density at radius 1 is 1.56 bits per heavy atom. The molecule has 0 spiro atoms. The van der Waals surface area contributed by atoms with Gasteiger partial charge in [0.2, 0.25) is 5.91 Å². The number of nitrogens with zero attached hydrogens (tertiary/aromatic N) is 1. The Labute approximate surface area is 98.8 Å². The number of nitrogens with one attached hydrogen (secondary N) is 2. The van der Waals surface area contributed by atoms with Crippen LogP contribution >= 0.6 is 0 Å². The molecule has 16 heavy (non-hydrogen) atoms. The van der Waals surface area contributed by atoms with E-state index in [0.29, 0.717) is 0 Å². The van der Waals surface area contributed by atoms with E-state index in [9.17, 15) is 4.79 Å². The van der Waals surface area contributed by atoms with Gasteiger partial charge in [-0.1, -0.05) is 6.92 Å². The number of hydrogen-bond acceptors (Lipinski definition) is 3. The van der Waals surface area contributed by atoms with Crippen LogP contribution in [0.25, 0.3) is 0 Å². The molecule has 1 unspecified atom stereocenters. The Morgan fingerprint density at radius 2 is 2.25 bits per heavy atom. The van der Waals surface area contributed by atoms with E-state index < -0.39 is 0 Å². The lowest BCUT2D eigenvalue weighted by atomic mass is 9.96. The summed E-state index contributed by atoms with van der Waals surface area (Å²) in [6.45, 7) is 9.10. The molecule has 0 bridgehead atoms.